The molecule has 2 saturated heterocycles. The molecule has 0 aromatic heterocycles. The molecule has 2 atom stereocenters. The topological polar surface area (TPSA) is 97.0 Å². The molecule has 2 aromatic rings. The number of aryl methyl sites for hydroxylation is 1. The lowest BCUT2D eigenvalue weighted by molar-refractivity contribution is -0.126. The number of anilines is 2. The molecule has 0 spiro atoms. The van der Waals surface area contributed by atoms with Crippen molar-refractivity contribution >= 4 is 40.7 Å². The van der Waals surface area contributed by atoms with E-state index in [1.54, 1.807) is 41.3 Å². The predicted octanol–water partition coefficient (Wildman–Crippen LogP) is 3.31. The van der Waals surface area contributed by atoms with Gasteiger partial charge in [0.05, 0.1) is 12.0 Å². The smallest absolute Gasteiger partial charge is 0.262 e. The highest BCUT2D eigenvalue weighted by atomic mass is 35.5. The molecular weight excluding hydrogens is 458 g/mol. The van der Waals surface area contributed by atoms with Crippen LogP contribution in [0.1, 0.15) is 24.8 Å². The zero-order valence-corrected chi connectivity index (χ0v) is 19.8. The van der Waals surface area contributed by atoms with E-state index in [4.69, 9.17) is 21.1 Å². The number of carbonyl (C=O) groups excluding carboxylic acids is 3. The number of benzene rings is 2. The number of amides is 3. The first-order valence-corrected chi connectivity index (χ1v) is 11.8. The average Bonchev–Trinajstić information content (AvgIpc) is 3.49. The van der Waals surface area contributed by atoms with Gasteiger partial charge in [0.1, 0.15) is 5.75 Å². The van der Waals surface area contributed by atoms with E-state index >= 15 is 0 Å². The fraction of sp³-hybridized carbons (Fsp3) is 0.400. The highest BCUT2D eigenvalue weighted by Crippen LogP contribution is 2.27. The van der Waals surface area contributed by atoms with Gasteiger partial charge < -0.3 is 25.0 Å². The van der Waals surface area contributed by atoms with Crippen LogP contribution >= 0.6 is 11.6 Å². The number of halogens is 1. The first-order chi connectivity index (χ1) is 16.4. The normalized spacial score (nSPS) is 19.8. The Balaban J connectivity index is 1.26. The number of rotatable bonds is 8. The lowest BCUT2D eigenvalue weighted by atomic mass is 10.1. The van der Waals surface area contributed by atoms with E-state index in [1.807, 2.05) is 13.0 Å². The van der Waals surface area contributed by atoms with Crippen molar-refractivity contribution in [3.05, 3.63) is 53.1 Å². The van der Waals surface area contributed by atoms with Gasteiger partial charge in [-0.15, -0.1) is 0 Å². The maximum atomic E-state index is 12.5. The van der Waals surface area contributed by atoms with Gasteiger partial charge in [0, 0.05) is 42.5 Å². The van der Waals surface area contributed by atoms with Crippen LogP contribution in [0.4, 0.5) is 11.4 Å². The lowest BCUT2D eigenvalue weighted by Gasteiger charge is -2.18. The quantitative estimate of drug-likeness (QED) is 0.598. The zero-order chi connectivity index (χ0) is 24.1. The Kier molecular flexibility index (Phi) is 7.70. The molecule has 2 fully saturated rings. The van der Waals surface area contributed by atoms with Crippen LogP contribution in [-0.4, -0.2) is 50.1 Å². The molecule has 3 amide bonds. The molecule has 34 heavy (non-hydrogen) atoms. The third-order valence-electron chi connectivity index (χ3n) is 6.02. The van der Waals surface area contributed by atoms with E-state index in [0.29, 0.717) is 35.2 Å². The van der Waals surface area contributed by atoms with Crippen molar-refractivity contribution in [3.63, 3.8) is 0 Å². The molecule has 2 aliphatic heterocycles. The summed E-state index contributed by atoms with van der Waals surface area (Å²) < 4.78 is 11.1. The summed E-state index contributed by atoms with van der Waals surface area (Å²) in [7, 11) is 0. The highest BCUT2D eigenvalue weighted by molar-refractivity contribution is 6.31. The minimum Gasteiger partial charge on any atom is -0.484 e. The molecule has 2 aromatic carbocycles. The number of ether oxygens (including phenoxy) is 2. The van der Waals surface area contributed by atoms with Crippen LogP contribution in [0, 0.1) is 12.8 Å². The van der Waals surface area contributed by atoms with E-state index in [0.717, 1.165) is 25.0 Å². The summed E-state index contributed by atoms with van der Waals surface area (Å²) in [5, 5.41) is 6.23. The van der Waals surface area contributed by atoms with Crippen molar-refractivity contribution in [2.45, 2.75) is 32.3 Å². The molecular formula is C25H28ClN3O5. The van der Waals surface area contributed by atoms with Crippen LogP contribution in [0.25, 0.3) is 0 Å². The van der Waals surface area contributed by atoms with Gasteiger partial charge in [-0.1, -0.05) is 17.7 Å². The van der Waals surface area contributed by atoms with Gasteiger partial charge in [-0.3, -0.25) is 14.4 Å². The van der Waals surface area contributed by atoms with Crippen LogP contribution in [0.15, 0.2) is 42.5 Å². The highest BCUT2D eigenvalue weighted by Gasteiger charge is 2.35. The SMILES string of the molecule is Cc1ccc(Cl)cc1NC(=O)COc1ccc(N2C[C@H](C(=O)NC[C@H]3CCCO3)CC2=O)cc1. The van der Waals surface area contributed by atoms with Crippen molar-refractivity contribution in [2.75, 3.05) is 36.5 Å². The molecule has 0 aliphatic carbocycles. The summed E-state index contributed by atoms with van der Waals surface area (Å²) in [6, 6.07) is 12.2. The fourth-order valence-electron chi connectivity index (χ4n) is 4.08. The average molecular weight is 486 g/mol. The zero-order valence-electron chi connectivity index (χ0n) is 19.0. The molecule has 9 heteroatoms. The number of hydrogen-bond donors (Lipinski definition) is 2. The van der Waals surface area contributed by atoms with Gasteiger partial charge in [-0.2, -0.15) is 0 Å². The van der Waals surface area contributed by atoms with Crippen LogP contribution < -0.4 is 20.3 Å². The number of hydrogen-bond acceptors (Lipinski definition) is 5. The van der Waals surface area contributed by atoms with Crippen molar-refractivity contribution in [3.8, 4) is 5.75 Å². The minimum atomic E-state index is -0.386. The van der Waals surface area contributed by atoms with Gasteiger partial charge in [-0.05, 0) is 61.7 Å². The summed E-state index contributed by atoms with van der Waals surface area (Å²) in [6.45, 7) is 3.27. The van der Waals surface area contributed by atoms with Crippen LogP contribution in [0.5, 0.6) is 5.75 Å². The monoisotopic (exact) mass is 485 g/mol. The van der Waals surface area contributed by atoms with Gasteiger partial charge in [0.2, 0.25) is 11.8 Å². The van der Waals surface area contributed by atoms with Gasteiger partial charge >= 0.3 is 0 Å². The van der Waals surface area contributed by atoms with Crippen LogP contribution in [0.3, 0.4) is 0 Å². The summed E-state index contributed by atoms with van der Waals surface area (Å²) in [5.74, 6) is -0.404. The molecule has 2 aliphatic rings. The lowest BCUT2D eigenvalue weighted by Crippen LogP contribution is -2.37. The minimum absolute atomic E-state index is 0.0706. The third kappa shape index (κ3) is 6.07. The van der Waals surface area contributed by atoms with Crippen molar-refractivity contribution < 1.29 is 23.9 Å². The van der Waals surface area contributed by atoms with Gasteiger partial charge in [0.25, 0.3) is 5.91 Å². The molecule has 0 bridgehead atoms. The third-order valence-corrected chi connectivity index (χ3v) is 6.25. The maximum Gasteiger partial charge on any atom is 0.262 e. The first kappa shape index (κ1) is 24.0. The van der Waals surface area contributed by atoms with E-state index in [9.17, 15) is 14.4 Å². The van der Waals surface area contributed by atoms with E-state index in [-0.39, 0.29) is 42.8 Å². The Labute approximate surface area is 203 Å². The predicted molar refractivity (Wildman–Crippen MR) is 129 cm³/mol. The fourth-order valence-corrected chi connectivity index (χ4v) is 4.26. The Morgan fingerprint density at radius 1 is 1.21 bits per heavy atom. The summed E-state index contributed by atoms with van der Waals surface area (Å²) in [4.78, 5) is 38.8. The Hall–Kier alpha value is -3.10. The van der Waals surface area contributed by atoms with Crippen LogP contribution in [-0.2, 0) is 19.1 Å². The number of carbonyl (C=O) groups is 3. The van der Waals surface area contributed by atoms with Crippen molar-refractivity contribution in [1.82, 2.24) is 5.32 Å². The Bertz CT molecular complexity index is 1050. The first-order valence-electron chi connectivity index (χ1n) is 11.4. The summed E-state index contributed by atoms with van der Waals surface area (Å²) in [6.07, 6.45) is 2.22. The Morgan fingerprint density at radius 3 is 2.74 bits per heavy atom. The summed E-state index contributed by atoms with van der Waals surface area (Å²) >= 11 is 5.98. The number of nitrogens with zero attached hydrogens (tertiary/aromatic N) is 1. The standard InChI is InChI=1S/C25H28ClN3O5/c1-16-4-5-18(26)12-22(16)28-23(30)15-34-20-8-6-19(7-9-20)29-14-17(11-24(29)31)25(32)27-13-21-3-2-10-33-21/h4-9,12,17,21H,2-3,10-11,13-15H2,1H3,(H,27,32)(H,28,30)/t17-,21-/m1/s1. The van der Waals surface area contributed by atoms with E-state index in [2.05, 4.69) is 10.6 Å². The largest absolute Gasteiger partial charge is 0.484 e. The second-order valence-corrected chi connectivity index (χ2v) is 9.01. The number of nitrogens with one attached hydrogen (secondary N) is 2. The maximum absolute atomic E-state index is 12.5. The molecule has 0 unspecified atom stereocenters. The van der Waals surface area contributed by atoms with Crippen molar-refractivity contribution in [2.24, 2.45) is 5.92 Å². The second kappa shape index (κ2) is 10.9. The van der Waals surface area contributed by atoms with Gasteiger partial charge in [-0.25, -0.2) is 0 Å². The molecule has 2 heterocycles. The molecule has 0 radical (unpaired) electrons. The second-order valence-electron chi connectivity index (χ2n) is 8.58. The molecule has 0 saturated carbocycles. The Morgan fingerprint density at radius 2 is 2.00 bits per heavy atom. The van der Waals surface area contributed by atoms with Crippen LogP contribution in [0.2, 0.25) is 5.02 Å². The molecule has 4 rings (SSSR count). The summed E-state index contributed by atoms with van der Waals surface area (Å²) in [5.41, 5.74) is 2.22. The van der Waals surface area contributed by atoms with E-state index < -0.39 is 0 Å². The van der Waals surface area contributed by atoms with Crippen molar-refractivity contribution in [1.29, 1.82) is 0 Å². The molecule has 2 N–H and O–H groups in total. The molecule has 180 valence electrons. The molecule has 8 nitrogen and oxygen atoms in total. The van der Waals surface area contributed by atoms with E-state index in [1.165, 1.54) is 0 Å². The van der Waals surface area contributed by atoms with Gasteiger partial charge in [0.15, 0.2) is 6.61 Å².